The Labute approximate surface area is 159 Å². The number of halogens is 1. The second-order valence-electron chi connectivity index (χ2n) is 5.49. The Bertz CT molecular complexity index is 912. The summed E-state index contributed by atoms with van der Waals surface area (Å²) in [5.74, 6) is 1.49. The molecule has 0 aliphatic carbocycles. The molecule has 0 unspecified atom stereocenters. The van der Waals surface area contributed by atoms with Gasteiger partial charge in [-0.05, 0) is 34.8 Å². The van der Waals surface area contributed by atoms with Crippen molar-refractivity contribution in [2.45, 2.75) is 36.4 Å². The van der Waals surface area contributed by atoms with Crippen LogP contribution >= 0.6 is 39.0 Å². The SMILES string of the molecule is O=c1[nH]nc(SCc2nc(-c3cc(Br)cs3)no2)n1C[C@@H]1CCCO1. The maximum Gasteiger partial charge on any atom is 0.344 e. The third-order valence-corrected chi connectivity index (χ3v) is 6.36. The first-order chi connectivity index (χ1) is 12.2. The standard InChI is InChI=1S/C14H14BrN5O3S2/c15-8-4-10(24-6-8)12-16-11(23-19-12)7-25-14-18-17-13(21)20(14)5-9-2-1-3-22-9/h4,6,9H,1-3,5,7H2,(H,17,21)/t9-/m0/s1. The van der Waals surface area contributed by atoms with Gasteiger partial charge in [-0.1, -0.05) is 16.9 Å². The number of thiophene rings is 1. The fourth-order valence-electron chi connectivity index (χ4n) is 2.54. The van der Waals surface area contributed by atoms with E-state index in [0.717, 1.165) is 28.8 Å². The van der Waals surface area contributed by atoms with Gasteiger partial charge in [0.25, 0.3) is 0 Å². The smallest absolute Gasteiger partial charge is 0.344 e. The maximum absolute atomic E-state index is 12.0. The van der Waals surface area contributed by atoms with E-state index >= 15 is 0 Å². The van der Waals surface area contributed by atoms with Crippen LogP contribution in [0.2, 0.25) is 0 Å². The average Bonchev–Trinajstić information content (AvgIpc) is 3.36. The summed E-state index contributed by atoms with van der Waals surface area (Å²) in [5.41, 5.74) is -0.229. The Hall–Kier alpha value is -1.43. The lowest BCUT2D eigenvalue weighted by Gasteiger charge is -2.10. The molecule has 0 saturated carbocycles. The number of thioether (sulfide) groups is 1. The molecule has 1 N–H and O–H groups in total. The number of aromatic amines is 1. The van der Waals surface area contributed by atoms with Gasteiger partial charge in [0.1, 0.15) is 0 Å². The van der Waals surface area contributed by atoms with E-state index in [-0.39, 0.29) is 11.8 Å². The van der Waals surface area contributed by atoms with Gasteiger partial charge < -0.3 is 9.26 Å². The van der Waals surface area contributed by atoms with E-state index in [1.54, 1.807) is 4.57 Å². The summed E-state index contributed by atoms with van der Waals surface area (Å²) in [4.78, 5) is 17.3. The monoisotopic (exact) mass is 443 g/mol. The van der Waals surface area contributed by atoms with Crippen LogP contribution in [0, 0.1) is 0 Å². The van der Waals surface area contributed by atoms with Gasteiger partial charge in [0.2, 0.25) is 11.7 Å². The lowest BCUT2D eigenvalue weighted by Crippen LogP contribution is -2.24. The topological polar surface area (TPSA) is 98.8 Å². The van der Waals surface area contributed by atoms with E-state index in [9.17, 15) is 4.79 Å². The van der Waals surface area contributed by atoms with Crippen molar-refractivity contribution < 1.29 is 9.26 Å². The van der Waals surface area contributed by atoms with Crippen molar-refractivity contribution in [3.8, 4) is 10.7 Å². The Balaban J connectivity index is 1.43. The predicted molar refractivity (Wildman–Crippen MR) is 96.7 cm³/mol. The molecule has 1 atom stereocenters. The van der Waals surface area contributed by atoms with E-state index in [1.807, 2.05) is 11.4 Å². The van der Waals surface area contributed by atoms with Crippen molar-refractivity contribution in [2.75, 3.05) is 6.61 Å². The molecule has 0 radical (unpaired) electrons. The van der Waals surface area contributed by atoms with Crippen molar-refractivity contribution in [3.05, 3.63) is 32.3 Å². The number of hydrogen-bond acceptors (Lipinski definition) is 8. The molecule has 0 bridgehead atoms. The number of ether oxygens (including phenoxy) is 1. The number of nitrogens with zero attached hydrogens (tertiary/aromatic N) is 4. The summed E-state index contributed by atoms with van der Waals surface area (Å²) in [6.07, 6.45) is 2.07. The molecule has 3 aromatic rings. The molecule has 4 heterocycles. The first-order valence-corrected chi connectivity index (χ1v) is 10.3. The highest BCUT2D eigenvalue weighted by molar-refractivity contribution is 9.10. The zero-order valence-electron chi connectivity index (χ0n) is 13.0. The molecule has 1 saturated heterocycles. The highest BCUT2D eigenvalue weighted by atomic mass is 79.9. The summed E-state index contributed by atoms with van der Waals surface area (Å²) in [6, 6.07) is 1.94. The van der Waals surface area contributed by atoms with E-state index in [2.05, 4.69) is 36.3 Å². The van der Waals surface area contributed by atoms with Gasteiger partial charge in [-0.25, -0.2) is 9.89 Å². The molecule has 3 aromatic heterocycles. The number of rotatable bonds is 6. The molecule has 25 heavy (non-hydrogen) atoms. The molecule has 4 rings (SSSR count). The summed E-state index contributed by atoms with van der Waals surface area (Å²) >= 11 is 6.33. The zero-order valence-corrected chi connectivity index (χ0v) is 16.2. The second kappa shape index (κ2) is 7.44. The number of hydrogen-bond donors (Lipinski definition) is 1. The minimum absolute atomic E-state index is 0.0712. The second-order valence-corrected chi connectivity index (χ2v) is 8.26. The van der Waals surface area contributed by atoms with Crippen molar-refractivity contribution in [2.24, 2.45) is 0 Å². The van der Waals surface area contributed by atoms with Crippen molar-refractivity contribution >= 4 is 39.0 Å². The average molecular weight is 444 g/mol. The zero-order chi connectivity index (χ0) is 17.2. The lowest BCUT2D eigenvalue weighted by molar-refractivity contribution is 0.0941. The quantitative estimate of drug-likeness (QED) is 0.584. The molecule has 1 fully saturated rings. The maximum atomic E-state index is 12.0. The third-order valence-electron chi connectivity index (χ3n) is 3.71. The van der Waals surface area contributed by atoms with Crippen molar-refractivity contribution in [1.29, 1.82) is 0 Å². The number of H-pyrrole nitrogens is 1. The van der Waals surface area contributed by atoms with E-state index in [4.69, 9.17) is 9.26 Å². The van der Waals surface area contributed by atoms with Gasteiger partial charge in [0, 0.05) is 16.5 Å². The Morgan fingerprint density at radius 3 is 3.20 bits per heavy atom. The van der Waals surface area contributed by atoms with Gasteiger partial charge in [0.15, 0.2) is 5.16 Å². The van der Waals surface area contributed by atoms with E-state index in [1.165, 1.54) is 23.1 Å². The van der Waals surface area contributed by atoms with Crippen LogP contribution in [-0.2, 0) is 17.0 Å². The van der Waals surface area contributed by atoms with Crippen LogP contribution in [0.15, 0.2) is 30.4 Å². The Morgan fingerprint density at radius 2 is 2.44 bits per heavy atom. The molecule has 1 aliphatic heterocycles. The molecular formula is C14H14BrN5O3S2. The molecule has 8 nitrogen and oxygen atoms in total. The van der Waals surface area contributed by atoms with Gasteiger partial charge in [-0.3, -0.25) is 4.57 Å². The van der Waals surface area contributed by atoms with Crippen LogP contribution in [-0.4, -0.2) is 37.6 Å². The highest BCUT2D eigenvalue weighted by Crippen LogP contribution is 2.28. The van der Waals surface area contributed by atoms with Crippen LogP contribution in [0.5, 0.6) is 0 Å². The van der Waals surface area contributed by atoms with E-state index < -0.39 is 0 Å². The summed E-state index contributed by atoms with van der Waals surface area (Å²) in [7, 11) is 0. The van der Waals surface area contributed by atoms with Crippen molar-refractivity contribution in [1.82, 2.24) is 24.9 Å². The van der Waals surface area contributed by atoms with Crippen LogP contribution < -0.4 is 5.69 Å². The van der Waals surface area contributed by atoms with Gasteiger partial charge in [-0.15, -0.1) is 16.4 Å². The van der Waals surface area contributed by atoms with Crippen LogP contribution in [0.4, 0.5) is 0 Å². The van der Waals surface area contributed by atoms with Gasteiger partial charge in [0.05, 0.1) is 23.3 Å². The first kappa shape index (κ1) is 17.0. The largest absolute Gasteiger partial charge is 0.376 e. The van der Waals surface area contributed by atoms with Crippen LogP contribution in [0.25, 0.3) is 10.7 Å². The van der Waals surface area contributed by atoms with Crippen LogP contribution in [0.1, 0.15) is 18.7 Å². The molecule has 11 heteroatoms. The third kappa shape index (κ3) is 3.89. The van der Waals surface area contributed by atoms with E-state index in [0.29, 0.717) is 29.2 Å². The highest BCUT2D eigenvalue weighted by Gasteiger charge is 2.20. The number of aromatic nitrogens is 5. The fourth-order valence-corrected chi connectivity index (χ4v) is 4.68. The predicted octanol–water partition coefficient (Wildman–Crippen LogP) is 2.92. The Kier molecular flexibility index (Phi) is 5.06. The normalized spacial score (nSPS) is 17.4. The summed E-state index contributed by atoms with van der Waals surface area (Å²) in [6.45, 7) is 1.26. The summed E-state index contributed by atoms with van der Waals surface area (Å²) in [5, 5.41) is 13.1. The van der Waals surface area contributed by atoms with Gasteiger partial charge >= 0.3 is 5.69 Å². The van der Waals surface area contributed by atoms with Gasteiger partial charge in [-0.2, -0.15) is 4.98 Å². The Morgan fingerprint density at radius 1 is 1.52 bits per heavy atom. The molecular weight excluding hydrogens is 430 g/mol. The van der Waals surface area contributed by atoms with Crippen LogP contribution in [0.3, 0.4) is 0 Å². The minimum atomic E-state index is -0.229. The molecule has 132 valence electrons. The summed E-state index contributed by atoms with van der Waals surface area (Å²) < 4.78 is 13.5. The molecule has 1 aliphatic rings. The fraction of sp³-hybridized carbons (Fsp3) is 0.429. The lowest BCUT2D eigenvalue weighted by atomic mass is 10.2. The molecule has 0 aromatic carbocycles. The van der Waals surface area contributed by atoms with Crippen molar-refractivity contribution in [3.63, 3.8) is 0 Å². The number of nitrogens with one attached hydrogen (secondary N) is 1. The molecule has 0 amide bonds. The minimum Gasteiger partial charge on any atom is -0.376 e. The first-order valence-electron chi connectivity index (χ1n) is 7.65. The molecule has 0 spiro atoms.